The van der Waals surface area contributed by atoms with E-state index in [1.165, 1.54) is 13.1 Å². The Hall–Kier alpha value is -1.16. The summed E-state index contributed by atoms with van der Waals surface area (Å²) in [5, 5.41) is 0. The quantitative estimate of drug-likeness (QED) is 0.735. The van der Waals surface area contributed by atoms with Crippen LogP contribution in [-0.2, 0) is 4.79 Å². The third-order valence-electron chi connectivity index (χ3n) is 1.95. The van der Waals surface area contributed by atoms with Gasteiger partial charge < -0.3 is 4.90 Å². The zero-order chi connectivity index (χ0) is 11.4. The highest BCUT2D eigenvalue weighted by atomic mass is 35.5. The summed E-state index contributed by atoms with van der Waals surface area (Å²) in [5.41, 5.74) is 0.0477. The lowest BCUT2D eigenvalue weighted by molar-refractivity contribution is -0.117. The van der Waals surface area contributed by atoms with E-state index in [4.69, 9.17) is 11.6 Å². The van der Waals surface area contributed by atoms with Gasteiger partial charge in [-0.3, -0.25) is 4.79 Å². The summed E-state index contributed by atoms with van der Waals surface area (Å²) in [7, 11) is 1.42. The van der Waals surface area contributed by atoms with Gasteiger partial charge in [0.15, 0.2) is 0 Å². The molecule has 0 spiro atoms. The van der Waals surface area contributed by atoms with E-state index in [2.05, 4.69) is 0 Å². The third-order valence-corrected chi connectivity index (χ3v) is 2.14. The fourth-order valence-electron chi connectivity index (χ4n) is 1.14. The zero-order valence-corrected chi connectivity index (χ0v) is 8.89. The SMILES string of the molecule is CN(C(=O)CCCl)c1ccc(F)cc1F. The topological polar surface area (TPSA) is 20.3 Å². The Morgan fingerprint density at radius 3 is 2.67 bits per heavy atom. The summed E-state index contributed by atoms with van der Waals surface area (Å²) in [5.74, 6) is -1.57. The Balaban J connectivity index is 2.91. The second-order valence-electron chi connectivity index (χ2n) is 2.99. The van der Waals surface area contributed by atoms with Gasteiger partial charge in [-0.1, -0.05) is 0 Å². The van der Waals surface area contributed by atoms with Gasteiger partial charge in [0.2, 0.25) is 5.91 Å². The van der Waals surface area contributed by atoms with Crippen LogP contribution in [0.5, 0.6) is 0 Å². The highest BCUT2D eigenvalue weighted by molar-refractivity contribution is 6.19. The summed E-state index contributed by atoms with van der Waals surface area (Å²) < 4.78 is 25.8. The predicted octanol–water partition coefficient (Wildman–Crippen LogP) is 2.56. The molecule has 0 aliphatic carbocycles. The minimum atomic E-state index is -0.763. The normalized spacial score (nSPS) is 10.1. The molecular weight excluding hydrogens is 224 g/mol. The van der Waals surface area contributed by atoms with Gasteiger partial charge in [-0.15, -0.1) is 11.6 Å². The number of halogens is 3. The molecule has 0 heterocycles. The van der Waals surface area contributed by atoms with Gasteiger partial charge in [0.1, 0.15) is 11.6 Å². The van der Waals surface area contributed by atoms with Gasteiger partial charge in [0, 0.05) is 25.4 Å². The second-order valence-corrected chi connectivity index (χ2v) is 3.37. The molecule has 0 radical (unpaired) electrons. The molecule has 0 unspecified atom stereocenters. The van der Waals surface area contributed by atoms with Gasteiger partial charge in [-0.25, -0.2) is 8.78 Å². The standard InChI is InChI=1S/C10H10ClF2NO/c1-14(10(15)4-5-11)9-3-2-7(12)6-8(9)13/h2-3,6H,4-5H2,1H3. The lowest BCUT2D eigenvalue weighted by atomic mass is 10.2. The number of hydrogen-bond acceptors (Lipinski definition) is 1. The summed E-state index contributed by atoms with van der Waals surface area (Å²) >= 11 is 5.39. The van der Waals surface area contributed by atoms with Crippen molar-refractivity contribution in [1.29, 1.82) is 0 Å². The Morgan fingerprint density at radius 1 is 1.47 bits per heavy atom. The number of amides is 1. The van der Waals surface area contributed by atoms with Crippen LogP contribution in [0.3, 0.4) is 0 Å². The first kappa shape index (κ1) is 11.9. The fraction of sp³-hybridized carbons (Fsp3) is 0.300. The number of carbonyl (C=O) groups excluding carboxylic acids is 1. The van der Waals surface area contributed by atoms with Gasteiger partial charge in [0.05, 0.1) is 5.69 Å². The first-order valence-electron chi connectivity index (χ1n) is 4.34. The van der Waals surface area contributed by atoms with Crippen LogP contribution in [0, 0.1) is 11.6 Å². The van der Waals surface area contributed by atoms with Crippen LogP contribution in [0.15, 0.2) is 18.2 Å². The lowest BCUT2D eigenvalue weighted by Gasteiger charge is -2.17. The number of rotatable bonds is 3. The summed E-state index contributed by atoms with van der Waals surface area (Å²) in [6, 6.07) is 3.06. The molecule has 0 saturated carbocycles. The van der Waals surface area contributed by atoms with Crippen molar-refractivity contribution < 1.29 is 13.6 Å². The van der Waals surface area contributed by atoms with Gasteiger partial charge in [-0.05, 0) is 12.1 Å². The van der Waals surface area contributed by atoms with E-state index in [1.54, 1.807) is 0 Å². The van der Waals surface area contributed by atoms with Gasteiger partial charge >= 0.3 is 0 Å². The highest BCUT2D eigenvalue weighted by Gasteiger charge is 2.14. The summed E-state index contributed by atoms with van der Waals surface area (Å²) in [6.45, 7) is 0. The van der Waals surface area contributed by atoms with Crippen molar-refractivity contribution in [3.05, 3.63) is 29.8 Å². The maximum Gasteiger partial charge on any atom is 0.228 e. The predicted molar refractivity (Wildman–Crippen MR) is 55.1 cm³/mol. The molecule has 1 rings (SSSR count). The lowest BCUT2D eigenvalue weighted by Crippen LogP contribution is -2.27. The zero-order valence-electron chi connectivity index (χ0n) is 8.14. The summed E-state index contributed by atoms with van der Waals surface area (Å²) in [6.07, 6.45) is 0.120. The van der Waals surface area contributed by atoms with Gasteiger partial charge in [-0.2, -0.15) is 0 Å². The van der Waals surface area contributed by atoms with E-state index in [0.717, 1.165) is 17.0 Å². The number of alkyl halides is 1. The minimum absolute atomic E-state index is 0.0477. The second kappa shape index (κ2) is 5.07. The molecule has 15 heavy (non-hydrogen) atoms. The molecule has 0 N–H and O–H groups in total. The number of carbonyl (C=O) groups is 1. The molecule has 0 atom stereocenters. The van der Waals surface area contributed by atoms with Crippen LogP contribution >= 0.6 is 11.6 Å². The van der Waals surface area contributed by atoms with Crippen molar-refractivity contribution >= 4 is 23.2 Å². The molecule has 0 saturated heterocycles. The van der Waals surface area contributed by atoms with Crippen LogP contribution in [0.1, 0.15) is 6.42 Å². The highest BCUT2D eigenvalue weighted by Crippen LogP contribution is 2.19. The molecule has 1 aromatic carbocycles. The Labute approximate surface area is 91.4 Å². The molecule has 0 fully saturated rings. The van der Waals surface area contributed by atoms with E-state index in [-0.39, 0.29) is 23.9 Å². The minimum Gasteiger partial charge on any atom is -0.313 e. The molecule has 0 aliphatic heterocycles. The van der Waals surface area contributed by atoms with E-state index < -0.39 is 11.6 Å². The van der Waals surface area contributed by atoms with Crippen molar-refractivity contribution in [2.24, 2.45) is 0 Å². The molecule has 1 amide bonds. The molecule has 0 aliphatic rings. The molecular formula is C10H10ClF2NO. The maximum absolute atomic E-state index is 13.2. The van der Waals surface area contributed by atoms with E-state index in [9.17, 15) is 13.6 Å². The van der Waals surface area contributed by atoms with Crippen molar-refractivity contribution in [2.75, 3.05) is 17.8 Å². The van der Waals surface area contributed by atoms with Crippen molar-refractivity contribution in [3.63, 3.8) is 0 Å². The maximum atomic E-state index is 13.2. The van der Waals surface area contributed by atoms with E-state index in [0.29, 0.717) is 0 Å². The molecule has 5 heteroatoms. The van der Waals surface area contributed by atoms with Crippen LogP contribution in [0.4, 0.5) is 14.5 Å². The monoisotopic (exact) mass is 233 g/mol. The van der Waals surface area contributed by atoms with Crippen LogP contribution in [0.25, 0.3) is 0 Å². The molecule has 0 bridgehead atoms. The van der Waals surface area contributed by atoms with Crippen molar-refractivity contribution in [2.45, 2.75) is 6.42 Å². The average Bonchev–Trinajstić information content (AvgIpc) is 2.17. The number of benzene rings is 1. The molecule has 1 aromatic rings. The van der Waals surface area contributed by atoms with Crippen molar-refractivity contribution in [1.82, 2.24) is 0 Å². The number of hydrogen-bond donors (Lipinski definition) is 0. The van der Waals surface area contributed by atoms with Crippen LogP contribution < -0.4 is 4.90 Å². The molecule has 2 nitrogen and oxygen atoms in total. The average molecular weight is 234 g/mol. The third kappa shape index (κ3) is 2.89. The van der Waals surface area contributed by atoms with E-state index >= 15 is 0 Å². The summed E-state index contributed by atoms with van der Waals surface area (Å²) in [4.78, 5) is 12.5. The first-order chi connectivity index (χ1) is 7.06. The van der Waals surface area contributed by atoms with Crippen LogP contribution in [0.2, 0.25) is 0 Å². The Bertz CT molecular complexity index is 370. The van der Waals surface area contributed by atoms with Crippen LogP contribution in [-0.4, -0.2) is 18.8 Å². The Kier molecular flexibility index (Phi) is 4.03. The van der Waals surface area contributed by atoms with Crippen molar-refractivity contribution in [3.8, 4) is 0 Å². The van der Waals surface area contributed by atoms with E-state index in [1.807, 2.05) is 0 Å². The molecule has 82 valence electrons. The Morgan fingerprint density at radius 2 is 2.13 bits per heavy atom. The first-order valence-corrected chi connectivity index (χ1v) is 4.87. The fourth-order valence-corrected chi connectivity index (χ4v) is 1.30. The number of anilines is 1. The largest absolute Gasteiger partial charge is 0.313 e. The van der Waals surface area contributed by atoms with Gasteiger partial charge in [0.25, 0.3) is 0 Å². The molecule has 0 aromatic heterocycles. The number of nitrogens with zero attached hydrogens (tertiary/aromatic N) is 1. The smallest absolute Gasteiger partial charge is 0.228 e.